The number of aryl methyl sites for hydroxylation is 1. The Bertz CT molecular complexity index is 1450. The van der Waals surface area contributed by atoms with Crippen LogP contribution in [0.1, 0.15) is 84.0 Å². The third-order valence-electron chi connectivity index (χ3n) is 8.09. The highest BCUT2D eigenvalue weighted by Gasteiger charge is 2.43. The second-order valence-electron chi connectivity index (χ2n) is 12.8. The van der Waals surface area contributed by atoms with Crippen LogP contribution in [0.25, 0.3) is 20.8 Å². The first-order valence-corrected chi connectivity index (χ1v) is 16.3. The number of nitrogens with one attached hydrogen (secondary N) is 2. The smallest absolute Gasteiger partial charge is 0.224 e. The van der Waals surface area contributed by atoms with Crippen LogP contribution in [-0.2, 0) is 9.84 Å². The zero-order chi connectivity index (χ0) is 27.5. The van der Waals surface area contributed by atoms with Gasteiger partial charge in [-0.25, -0.2) is 18.4 Å². The van der Waals surface area contributed by atoms with Gasteiger partial charge in [0, 0.05) is 31.0 Å². The highest BCUT2D eigenvalue weighted by atomic mass is 32.2. The molecule has 2 saturated carbocycles. The lowest BCUT2D eigenvalue weighted by Gasteiger charge is -2.30. The third kappa shape index (κ3) is 5.52. The van der Waals surface area contributed by atoms with E-state index < -0.39 is 14.6 Å². The molecule has 3 heterocycles. The number of thiazole rings is 1. The molecule has 38 heavy (non-hydrogen) atoms. The minimum Gasteiger partial charge on any atom is -0.367 e. The monoisotopic (exact) mass is 556 g/mol. The summed E-state index contributed by atoms with van der Waals surface area (Å²) in [7, 11) is -3.17. The highest BCUT2D eigenvalue weighted by molar-refractivity contribution is 7.92. The van der Waals surface area contributed by atoms with Crippen molar-refractivity contribution in [3.8, 4) is 10.6 Å². The molecule has 2 aliphatic carbocycles. The molecule has 10 heteroatoms. The first-order valence-electron chi connectivity index (χ1n) is 13.6. The maximum atomic E-state index is 12.5. The van der Waals surface area contributed by atoms with Crippen LogP contribution in [0.3, 0.4) is 0 Å². The fourth-order valence-corrected chi connectivity index (χ4v) is 7.12. The molecule has 0 aromatic carbocycles. The molecule has 206 valence electrons. The summed E-state index contributed by atoms with van der Waals surface area (Å²) in [5.41, 5.74) is 3.96. The minimum atomic E-state index is -3.17. The molecule has 2 aliphatic rings. The van der Waals surface area contributed by atoms with Crippen molar-refractivity contribution >= 4 is 43.2 Å². The lowest BCUT2D eigenvalue weighted by Crippen LogP contribution is -2.38. The average Bonchev–Trinajstić information content (AvgIpc) is 3.38. The molecular formula is C28H40N6O2S2. The maximum absolute atomic E-state index is 12.5. The molecule has 0 unspecified atom stereocenters. The van der Waals surface area contributed by atoms with Gasteiger partial charge in [-0.2, -0.15) is 4.98 Å². The summed E-state index contributed by atoms with van der Waals surface area (Å²) in [6.07, 6.45) is 8.13. The van der Waals surface area contributed by atoms with Crippen LogP contribution in [-0.4, -0.2) is 51.9 Å². The minimum absolute atomic E-state index is 0.0820. The zero-order valence-electron chi connectivity index (χ0n) is 23.6. The van der Waals surface area contributed by atoms with Crippen molar-refractivity contribution in [2.75, 3.05) is 23.4 Å². The van der Waals surface area contributed by atoms with Gasteiger partial charge < -0.3 is 10.6 Å². The fourth-order valence-electron chi connectivity index (χ4n) is 5.23. The van der Waals surface area contributed by atoms with Gasteiger partial charge in [0.1, 0.15) is 16.3 Å². The summed E-state index contributed by atoms with van der Waals surface area (Å²) in [5, 5.41) is 8.00. The van der Waals surface area contributed by atoms with Gasteiger partial charge in [-0.3, -0.25) is 4.98 Å². The van der Waals surface area contributed by atoms with E-state index in [1.807, 2.05) is 33.0 Å². The van der Waals surface area contributed by atoms with E-state index in [1.165, 1.54) is 19.1 Å². The first-order chi connectivity index (χ1) is 17.7. The van der Waals surface area contributed by atoms with Gasteiger partial charge in [-0.15, -0.1) is 11.3 Å². The van der Waals surface area contributed by atoms with E-state index in [-0.39, 0.29) is 17.4 Å². The van der Waals surface area contributed by atoms with Crippen LogP contribution in [0.5, 0.6) is 0 Å². The van der Waals surface area contributed by atoms with Crippen molar-refractivity contribution in [1.82, 2.24) is 19.9 Å². The molecule has 0 radical (unpaired) electrons. The summed E-state index contributed by atoms with van der Waals surface area (Å²) < 4.78 is 25.4. The molecule has 0 amide bonds. The van der Waals surface area contributed by atoms with Crippen molar-refractivity contribution < 1.29 is 8.42 Å². The zero-order valence-corrected chi connectivity index (χ0v) is 25.2. The summed E-state index contributed by atoms with van der Waals surface area (Å²) in [6, 6.07) is 2.17. The second-order valence-corrected chi connectivity index (χ2v) is 16.5. The summed E-state index contributed by atoms with van der Waals surface area (Å²) >= 11 is 1.66. The number of nitrogens with zero attached hydrogens (tertiary/aromatic N) is 4. The Kier molecular flexibility index (Phi) is 6.95. The number of fused-ring (bicyclic) bond motifs is 1. The molecule has 2 N–H and O–H groups in total. The van der Waals surface area contributed by atoms with Gasteiger partial charge >= 0.3 is 0 Å². The first kappa shape index (κ1) is 27.2. The number of hydrogen-bond acceptors (Lipinski definition) is 9. The normalized spacial score (nSPS) is 20.7. The SMILES string of the molecule is Cc1nc(NCC(C)(C)C)nc(N[C@H]2CC[C@@H](C(C)(C)S(C)(=O)=O)C2)c1-c1nc2c(C3CC3)nccc2s1. The van der Waals surface area contributed by atoms with Gasteiger partial charge in [0.15, 0.2) is 9.84 Å². The fraction of sp³-hybridized carbons (Fsp3) is 0.643. The van der Waals surface area contributed by atoms with Crippen LogP contribution < -0.4 is 10.6 Å². The standard InChI is InChI=1S/C28H40N6O2S2/c1-16-21(25-33-23-20(37-25)12-13-29-22(23)17-8-9-17)24(34-26(31-16)30-15-27(2,3)4)32-19-11-10-18(14-19)28(5,6)38(7,35)36/h12-13,17-19H,8-11,14-15H2,1-7H3,(H2,30,31,32,34)/t18-,19+/m1/s1. The van der Waals surface area contributed by atoms with Crippen LogP contribution in [0.4, 0.5) is 11.8 Å². The number of rotatable bonds is 8. The van der Waals surface area contributed by atoms with Gasteiger partial charge in [0.2, 0.25) is 5.95 Å². The van der Waals surface area contributed by atoms with E-state index in [1.54, 1.807) is 11.3 Å². The van der Waals surface area contributed by atoms with Crippen LogP contribution >= 0.6 is 11.3 Å². The van der Waals surface area contributed by atoms with E-state index in [0.29, 0.717) is 11.9 Å². The van der Waals surface area contributed by atoms with Crippen molar-refractivity contribution in [3.05, 3.63) is 23.7 Å². The Balaban J connectivity index is 1.51. The average molecular weight is 557 g/mol. The molecule has 0 saturated heterocycles. The molecule has 0 aliphatic heterocycles. The topological polar surface area (TPSA) is 110 Å². The molecule has 8 nitrogen and oxygen atoms in total. The van der Waals surface area contributed by atoms with E-state index in [9.17, 15) is 8.42 Å². The lowest BCUT2D eigenvalue weighted by molar-refractivity contribution is 0.404. The van der Waals surface area contributed by atoms with Gasteiger partial charge in [-0.05, 0) is 70.3 Å². The molecule has 5 rings (SSSR count). The van der Waals surface area contributed by atoms with E-state index in [0.717, 1.165) is 63.8 Å². The van der Waals surface area contributed by atoms with Crippen LogP contribution in [0.2, 0.25) is 0 Å². The molecule has 3 aromatic rings. The Morgan fingerprint density at radius 2 is 1.79 bits per heavy atom. The number of aromatic nitrogens is 4. The third-order valence-corrected chi connectivity index (χ3v) is 11.4. The van der Waals surface area contributed by atoms with E-state index >= 15 is 0 Å². The van der Waals surface area contributed by atoms with Gasteiger partial charge in [0.05, 0.1) is 26.4 Å². The van der Waals surface area contributed by atoms with Crippen molar-refractivity contribution in [2.24, 2.45) is 11.3 Å². The highest BCUT2D eigenvalue weighted by Crippen LogP contribution is 2.45. The number of pyridine rings is 1. The Morgan fingerprint density at radius 1 is 1.05 bits per heavy atom. The molecule has 2 fully saturated rings. The van der Waals surface area contributed by atoms with Crippen LogP contribution in [0.15, 0.2) is 12.3 Å². The van der Waals surface area contributed by atoms with Gasteiger partial charge in [0.25, 0.3) is 0 Å². The molecule has 0 bridgehead atoms. The van der Waals surface area contributed by atoms with Crippen molar-refractivity contribution in [2.45, 2.75) is 90.4 Å². The van der Waals surface area contributed by atoms with Crippen molar-refractivity contribution in [1.29, 1.82) is 0 Å². The second kappa shape index (κ2) is 9.70. The van der Waals surface area contributed by atoms with E-state index in [4.69, 9.17) is 15.0 Å². The summed E-state index contributed by atoms with van der Waals surface area (Å²) in [4.78, 5) is 19.5. The Labute approximate surface area is 230 Å². The molecule has 2 atom stereocenters. The summed E-state index contributed by atoms with van der Waals surface area (Å²) in [6.45, 7) is 13.0. The lowest BCUT2D eigenvalue weighted by atomic mass is 9.93. The van der Waals surface area contributed by atoms with Crippen molar-refractivity contribution in [3.63, 3.8) is 0 Å². The van der Waals surface area contributed by atoms with Gasteiger partial charge in [-0.1, -0.05) is 20.8 Å². The van der Waals surface area contributed by atoms with E-state index in [2.05, 4.69) is 36.4 Å². The number of hydrogen-bond donors (Lipinski definition) is 2. The molecule has 3 aromatic heterocycles. The summed E-state index contributed by atoms with van der Waals surface area (Å²) in [5.74, 6) is 1.96. The number of anilines is 2. The number of sulfone groups is 1. The largest absolute Gasteiger partial charge is 0.367 e. The Morgan fingerprint density at radius 3 is 2.45 bits per heavy atom. The predicted molar refractivity (Wildman–Crippen MR) is 157 cm³/mol. The predicted octanol–water partition coefficient (Wildman–Crippen LogP) is 6.20. The maximum Gasteiger partial charge on any atom is 0.224 e. The Hall–Kier alpha value is -2.33. The quantitative estimate of drug-likeness (QED) is 0.338. The molecule has 0 spiro atoms. The van der Waals surface area contributed by atoms with Crippen LogP contribution in [0, 0.1) is 18.3 Å². The molecular weight excluding hydrogens is 516 g/mol.